The molecule has 4 rings (SSSR count). The highest BCUT2D eigenvalue weighted by molar-refractivity contribution is 5.47. The number of likely N-dealkylation sites (tertiary alicyclic amines) is 2. The average Bonchev–Trinajstić information content (AvgIpc) is 3.25. The number of aliphatic hydroxyl groups is 1. The smallest absolute Gasteiger partial charge is 0.165 e. The molecular weight excluding hydrogens is 304 g/mol. The van der Waals surface area contributed by atoms with Crippen molar-refractivity contribution in [1.82, 2.24) is 9.80 Å². The fourth-order valence-corrected chi connectivity index (χ4v) is 4.40. The summed E-state index contributed by atoms with van der Waals surface area (Å²) in [5, 5.41) is 9.56. The Bertz CT molecular complexity index is 566. The normalized spacial score (nSPS) is 27.7. The number of aliphatic hydroxyl groups excluding tert-OH is 1. The first kappa shape index (κ1) is 16.2. The fraction of sp³-hybridized carbons (Fsp3) is 0.684. The summed E-state index contributed by atoms with van der Waals surface area (Å²) >= 11 is 0. The van der Waals surface area contributed by atoms with Gasteiger partial charge < -0.3 is 14.6 Å². The van der Waals surface area contributed by atoms with Crippen LogP contribution in [0.5, 0.6) is 11.5 Å². The van der Waals surface area contributed by atoms with Gasteiger partial charge in [-0.25, -0.2) is 0 Å². The molecule has 0 spiro atoms. The lowest BCUT2D eigenvalue weighted by atomic mass is 10.1. The molecule has 1 aromatic carbocycles. The fourth-order valence-electron chi connectivity index (χ4n) is 4.40. The van der Waals surface area contributed by atoms with Crippen LogP contribution in [0.3, 0.4) is 0 Å². The van der Waals surface area contributed by atoms with E-state index in [1.54, 1.807) is 0 Å². The number of para-hydroxylation sites is 1. The van der Waals surface area contributed by atoms with E-state index in [-0.39, 0.29) is 0 Å². The molecule has 0 saturated carbocycles. The van der Waals surface area contributed by atoms with Gasteiger partial charge in [0.25, 0.3) is 0 Å². The molecule has 0 bridgehead atoms. The number of rotatable bonds is 5. The van der Waals surface area contributed by atoms with E-state index < -0.39 is 0 Å². The lowest BCUT2D eigenvalue weighted by Gasteiger charge is -2.32. The van der Waals surface area contributed by atoms with Crippen LogP contribution >= 0.6 is 0 Å². The van der Waals surface area contributed by atoms with Crippen molar-refractivity contribution in [3.05, 3.63) is 23.8 Å². The van der Waals surface area contributed by atoms with Crippen LogP contribution in [-0.2, 0) is 6.54 Å². The van der Waals surface area contributed by atoms with Crippen molar-refractivity contribution in [2.45, 2.75) is 44.3 Å². The Morgan fingerprint density at radius 1 is 1.00 bits per heavy atom. The molecular formula is C19H28N2O3. The van der Waals surface area contributed by atoms with Gasteiger partial charge in [-0.1, -0.05) is 12.1 Å². The number of ether oxygens (including phenoxy) is 2. The minimum Gasteiger partial charge on any atom is -0.486 e. The van der Waals surface area contributed by atoms with E-state index >= 15 is 0 Å². The van der Waals surface area contributed by atoms with E-state index in [0.717, 1.165) is 44.1 Å². The minimum absolute atomic E-state index is 0.296. The first-order chi connectivity index (χ1) is 11.8. The second kappa shape index (κ2) is 7.30. The summed E-state index contributed by atoms with van der Waals surface area (Å²) in [7, 11) is 0. The largest absolute Gasteiger partial charge is 0.486 e. The third-order valence-corrected chi connectivity index (χ3v) is 5.68. The Morgan fingerprint density at radius 2 is 1.79 bits per heavy atom. The van der Waals surface area contributed by atoms with E-state index in [1.165, 1.54) is 24.8 Å². The van der Waals surface area contributed by atoms with E-state index in [2.05, 4.69) is 21.9 Å². The van der Waals surface area contributed by atoms with Gasteiger partial charge in [0.15, 0.2) is 11.5 Å². The van der Waals surface area contributed by atoms with Gasteiger partial charge in [0.2, 0.25) is 0 Å². The van der Waals surface area contributed by atoms with Crippen LogP contribution in [0.4, 0.5) is 0 Å². The van der Waals surface area contributed by atoms with Gasteiger partial charge in [0.05, 0.1) is 6.61 Å². The van der Waals surface area contributed by atoms with Crippen LogP contribution in [0, 0.1) is 0 Å². The highest BCUT2D eigenvalue weighted by Crippen LogP contribution is 2.35. The number of hydrogen-bond donors (Lipinski definition) is 1. The summed E-state index contributed by atoms with van der Waals surface area (Å²) in [6, 6.07) is 7.17. The summed E-state index contributed by atoms with van der Waals surface area (Å²) in [5.74, 6) is 1.82. The van der Waals surface area contributed by atoms with Crippen molar-refractivity contribution >= 4 is 0 Å². The van der Waals surface area contributed by atoms with Gasteiger partial charge in [-0.2, -0.15) is 0 Å². The van der Waals surface area contributed by atoms with E-state index in [9.17, 15) is 5.11 Å². The minimum atomic E-state index is 0.296. The van der Waals surface area contributed by atoms with Crippen LogP contribution in [0.2, 0.25) is 0 Å². The molecule has 0 amide bonds. The van der Waals surface area contributed by atoms with Crippen LogP contribution < -0.4 is 9.47 Å². The van der Waals surface area contributed by atoms with Gasteiger partial charge in [-0.15, -0.1) is 0 Å². The highest BCUT2D eigenvalue weighted by Gasteiger charge is 2.32. The molecule has 3 heterocycles. The molecule has 132 valence electrons. The topological polar surface area (TPSA) is 45.2 Å². The zero-order valence-electron chi connectivity index (χ0n) is 14.3. The maximum absolute atomic E-state index is 9.56. The van der Waals surface area contributed by atoms with Gasteiger partial charge in [-0.05, 0) is 44.8 Å². The third-order valence-electron chi connectivity index (χ3n) is 5.68. The van der Waals surface area contributed by atoms with Crippen LogP contribution in [-0.4, -0.2) is 66.4 Å². The molecule has 1 aromatic rings. The van der Waals surface area contributed by atoms with Crippen LogP contribution in [0.15, 0.2) is 18.2 Å². The second-order valence-corrected chi connectivity index (χ2v) is 7.18. The zero-order chi connectivity index (χ0) is 16.4. The molecule has 2 atom stereocenters. The second-order valence-electron chi connectivity index (χ2n) is 7.18. The number of hydrogen-bond acceptors (Lipinski definition) is 5. The molecule has 1 N–H and O–H groups in total. The Hall–Kier alpha value is -1.30. The molecule has 24 heavy (non-hydrogen) atoms. The van der Waals surface area contributed by atoms with Crippen molar-refractivity contribution in [2.75, 3.05) is 39.5 Å². The standard InChI is InChI=1S/C19H28N2O3/c22-14-17-6-3-9-21(17)13-16-5-2-8-20(16)12-15-4-1-7-18-19(15)24-11-10-23-18/h1,4,7,16-17,22H,2-3,5-6,8-14H2. The quantitative estimate of drug-likeness (QED) is 0.892. The average molecular weight is 332 g/mol. The maximum atomic E-state index is 9.56. The van der Waals surface area contributed by atoms with E-state index in [4.69, 9.17) is 9.47 Å². The first-order valence-electron chi connectivity index (χ1n) is 9.31. The molecule has 0 aliphatic carbocycles. The van der Waals surface area contributed by atoms with Crippen LogP contribution in [0.1, 0.15) is 31.2 Å². The number of benzene rings is 1. The summed E-state index contributed by atoms with van der Waals surface area (Å²) in [4.78, 5) is 5.07. The Morgan fingerprint density at radius 3 is 2.67 bits per heavy atom. The van der Waals surface area contributed by atoms with Crippen LogP contribution in [0.25, 0.3) is 0 Å². The summed E-state index contributed by atoms with van der Waals surface area (Å²) < 4.78 is 11.6. The Balaban J connectivity index is 1.44. The first-order valence-corrected chi connectivity index (χ1v) is 9.31. The number of fused-ring (bicyclic) bond motifs is 1. The molecule has 2 unspecified atom stereocenters. The Labute approximate surface area is 144 Å². The molecule has 3 aliphatic heterocycles. The lowest BCUT2D eigenvalue weighted by Crippen LogP contribution is -2.43. The Kier molecular flexibility index (Phi) is 4.92. The monoisotopic (exact) mass is 332 g/mol. The van der Waals surface area contributed by atoms with Crippen molar-refractivity contribution in [2.24, 2.45) is 0 Å². The van der Waals surface area contributed by atoms with Crippen molar-refractivity contribution in [3.8, 4) is 11.5 Å². The summed E-state index contributed by atoms with van der Waals surface area (Å²) in [6.07, 6.45) is 4.87. The van der Waals surface area contributed by atoms with Crippen molar-refractivity contribution < 1.29 is 14.6 Å². The van der Waals surface area contributed by atoms with Gasteiger partial charge in [0, 0.05) is 30.7 Å². The van der Waals surface area contributed by atoms with Gasteiger partial charge in [0.1, 0.15) is 13.2 Å². The summed E-state index contributed by atoms with van der Waals surface area (Å²) in [6.45, 7) is 5.86. The van der Waals surface area contributed by atoms with Gasteiger partial charge >= 0.3 is 0 Å². The lowest BCUT2D eigenvalue weighted by molar-refractivity contribution is 0.118. The third kappa shape index (κ3) is 3.25. The molecule has 0 radical (unpaired) electrons. The molecule has 2 fully saturated rings. The summed E-state index contributed by atoms with van der Waals surface area (Å²) in [5.41, 5.74) is 1.24. The molecule has 3 aliphatic rings. The highest BCUT2D eigenvalue weighted by atomic mass is 16.6. The molecule has 2 saturated heterocycles. The molecule has 5 heteroatoms. The zero-order valence-corrected chi connectivity index (χ0v) is 14.3. The maximum Gasteiger partial charge on any atom is 0.165 e. The van der Waals surface area contributed by atoms with Gasteiger partial charge in [-0.3, -0.25) is 9.80 Å². The van der Waals surface area contributed by atoms with Crippen molar-refractivity contribution in [1.29, 1.82) is 0 Å². The SMILES string of the molecule is OCC1CCCN1CC1CCCN1Cc1cccc2c1OCCO2. The van der Waals surface area contributed by atoms with Crippen molar-refractivity contribution in [3.63, 3.8) is 0 Å². The molecule has 5 nitrogen and oxygen atoms in total. The predicted molar refractivity (Wildman–Crippen MR) is 92.5 cm³/mol. The number of nitrogens with zero attached hydrogens (tertiary/aromatic N) is 2. The molecule has 0 aromatic heterocycles. The predicted octanol–water partition coefficient (Wildman–Crippen LogP) is 1.88. The van der Waals surface area contributed by atoms with E-state index in [1.807, 2.05) is 6.07 Å². The van der Waals surface area contributed by atoms with E-state index in [0.29, 0.717) is 31.9 Å².